The Kier molecular flexibility index (Phi) is 11.3. The smallest absolute Gasteiger partial charge is 0.0329 e. The highest BCUT2D eigenvalue weighted by atomic mass is 15.2. The lowest BCUT2D eigenvalue weighted by Crippen LogP contribution is -2.30. The molecule has 0 aromatic heterocycles. The van der Waals surface area contributed by atoms with Gasteiger partial charge < -0.3 is 0 Å². The first-order valence-electron chi connectivity index (χ1n) is 14.3. The summed E-state index contributed by atoms with van der Waals surface area (Å²) in [5.74, 6) is 2.36. The average molecular weight is 484 g/mol. The molecular weight excluding hydrogens is 434 g/mol. The normalized spacial score (nSPS) is 15.1. The van der Waals surface area contributed by atoms with Gasteiger partial charge in [-0.1, -0.05) is 132 Å². The number of benzene rings is 3. The Morgan fingerprint density at radius 2 is 1.11 bits per heavy atom. The summed E-state index contributed by atoms with van der Waals surface area (Å²) in [4.78, 5) is 2.68. The van der Waals surface area contributed by atoms with Crippen molar-refractivity contribution in [2.45, 2.75) is 92.3 Å². The lowest BCUT2D eigenvalue weighted by atomic mass is 9.84. The summed E-state index contributed by atoms with van der Waals surface area (Å²) in [5, 5.41) is 0. The number of nitrogens with zero attached hydrogens (tertiary/aromatic N) is 1. The van der Waals surface area contributed by atoms with E-state index < -0.39 is 0 Å². The first-order valence-corrected chi connectivity index (χ1v) is 14.3. The second-order valence-corrected chi connectivity index (χ2v) is 11.4. The van der Waals surface area contributed by atoms with Gasteiger partial charge >= 0.3 is 0 Å². The van der Waals surface area contributed by atoms with Gasteiger partial charge in [0, 0.05) is 18.6 Å². The largest absolute Gasteiger partial charge is 0.286 e. The van der Waals surface area contributed by atoms with Gasteiger partial charge in [-0.05, 0) is 66.7 Å². The predicted molar refractivity (Wildman–Crippen MR) is 157 cm³/mol. The van der Waals surface area contributed by atoms with Crippen LogP contribution in [-0.4, -0.2) is 4.90 Å². The van der Waals surface area contributed by atoms with Crippen molar-refractivity contribution in [3.8, 4) is 0 Å². The molecule has 0 N–H and O–H groups in total. The second-order valence-electron chi connectivity index (χ2n) is 11.4. The molecule has 4 atom stereocenters. The SMILES string of the molecule is CCC(Cc1ccccc1CN([C@H](C)c1ccccc1)[C@H](C)c1ccccc1)C[C@H](C)CCC(C)C. The lowest BCUT2D eigenvalue weighted by Gasteiger charge is -2.36. The molecule has 3 rings (SSSR count). The van der Waals surface area contributed by atoms with Crippen LogP contribution in [0.25, 0.3) is 0 Å². The highest BCUT2D eigenvalue weighted by molar-refractivity contribution is 5.29. The van der Waals surface area contributed by atoms with Gasteiger partial charge in [-0.25, -0.2) is 0 Å². The Bertz CT molecular complexity index is 948. The van der Waals surface area contributed by atoms with Crippen LogP contribution in [0.1, 0.15) is 102 Å². The molecule has 3 aromatic rings. The van der Waals surface area contributed by atoms with Crippen LogP contribution < -0.4 is 0 Å². The van der Waals surface area contributed by atoms with E-state index in [0.717, 1.165) is 24.3 Å². The molecule has 1 unspecified atom stereocenters. The molecule has 0 heterocycles. The quantitative estimate of drug-likeness (QED) is 0.220. The molecule has 0 radical (unpaired) electrons. The maximum absolute atomic E-state index is 2.68. The minimum Gasteiger partial charge on any atom is -0.286 e. The van der Waals surface area contributed by atoms with Gasteiger partial charge in [0.15, 0.2) is 0 Å². The van der Waals surface area contributed by atoms with Crippen molar-refractivity contribution in [1.29, 1.82) is 0 Å². The minimum absolute atomic E-state index is 0.326. The third-order valence-electron chi connectivity index (χ3n) is 8.09. The van der Waals surface area contributed by atoms with Crippen LogP contribution >= 0.6 is 0 Å². The van der Waals surface area contributed by atoms with Gasteiger partial charge in [0.2, 0.25) is 0 Å². The van der Waals surface area contributed by atoms with Gasteiger partial charge in [0.05, 0.1) is 0 Å². The number of hydrogen-bond acceptors (Lipinski definition) is 1. The van der Waals surface area contributed by atoms with Crippen molar-refractivity contribution in [2.75, 3.05) is 0 Å². The Balaban J connectivity index is 1.83. The van der Waals surface area contributed by atoms with Crippen LogP contribution in [0.3, 0.4) is 0 Å². The zero-order valence-corrected chi connectivity index (χ0v) is 23.7. The summed E-state index contributed by atoms with van der Waals surface area (Å²) in [5.41, 5.74) is 5.77. The van der Waals surface area contributed by atoms with E-state index in [1.165, 1.54) is 54.4 Å². The molecule has 36 heavy (non-hydrogen) atoms. The minimum atomic E-state index is 0.326. The van der Waals surface area contributed by atoms with Crippen molar-refractivity contribution in [3.63, 3.8) is 0 Å². The molecular formula is C35H49N. The first-order chi connectivity index (χ1) is 17.4. The van der Waals surface area contributed by atoms with Crippen LogP contribution in [-0.2, 0) is 13.0 Å². The fourth-order valence-electron chi connectivity index (χ4n) is 5.57. The summed E-state index contributed by atoms with van der Waals surface area (Å²) in [7, 11) is 0. The van der Waals surface area contributed by atoms with E-state index in [1.54, 1.807) is 0 Å². The van der Waals surface area contributed by atoms with Crippen LogP contribution in [0.2, 0.25) is 0 Å². The Morgan fingerprint density at radius 1 is 0.611 bits per heavy atom. The molecule has 0 aliphatic heterocycles. The summed E-state index contributed by atoms with van der Waals surface area (Å²) in [6.07, 6.45) is 6.48. The Hall–Kier alpha value is -2.38. The number of rotatable bonds is 14. The summed E-state index contributed by atoms with van der Waals surface area (Å²) >= 11 is 0. The Labute approximate surface area is 222 Å². The maximum Gasteiger partial charge on any atom is 0.0329 e. The zero-order valence-electron chi connectivity index (χ0n) is 23.7. The van der Waals surface area contributed by atoms with Crippen LogP contribution in [0.5, 0.6) is 0 Å². The van der Waals surface area contributed by atoms with Gasteiger partial charge in [0.25, 0.3) is 0 Å². The molecule has 0 fully saturated rings. The number of hydrogen-bond donors (Lipinski definition) is 0. The van der Waals surface area contributed by atoms with Crippen molar-refractivity contribution in [1.82, 2.24) is 4.90 Å². The summed E-state index contributed by atoms with van der Waals surface area (Å²) < 4.78 is 0. The zero-order chi connectivity index (χ0) is 25.9. The monoisotopic (exact) mass is 483 g/mol. The van der Waals surface area contributed by atoms with Crippen molar-refractivity contribution in [3.05, 3.63) is 107 Å². The third-order valence-corrected chi connectivity index (χ3v) is 8.09. The molecule has 0 saturated carbocycles. The molecule has 0 bridgehead atoms. The van der Waals surface area contributed by atoms with E-state index in [1.807, 2.05) is 0 Å². The van der Waals surface area contributed by atoms with Gasteiger partial charge in [-0.3, -0.25) is 4.90 Å². The molecule has 0 spiro atoms. The molecule has 1 heteroatoms. The summed E-state index contributed by atoms with van der Waals surface area (Å²) in [6.45, 7) is 15.2. The lowest BCUT2D eigenvalue weighted by molar-refractivity contribution is 0.144. The fourth-order valence-corrected chi connectivity index (χ4v) is 5.57. The standard InChI is InChI=1S/C35H49N/c1-7-31(24-28(4)23-22-27(2)3)25-34-20-14-15-21-35(34)26-36(29(5)32-16-10-8-11-17-32)30(6)33-18-12-9-13-19-33/h8-21,27-31H,7,22-26H2,1-6H3/t28-,29-,30-,31?/m1/s1. The van der Waals surface area contributed by atoms with Gasteiger partial charge in [-0.2, -0.15) is 0 Å². The third kappa shape index (κ3) is 8.34. The average Bonchev–Trinajstić information content (AvgIpc) is 2.91. The molecule has 0 aliphatic carbocycles. The van der Waals surface area contributed by atoms with E-state index in [4.69, 9.17) is 0 Å². The fraction of sp³-hybridized carbons (Fsp3) is 0.486. The molecule has 3 aromatic carbocycles. The Morgan fingerprint density at radius 3 is 1.61 bits per heavy atom. The van der Waals surface area contributed by atoms with Crippen LogP contribution in [0.15, 0.2) is 84.9 Å². The van der Waals surface area contributed by atoms with E-state index in [9.17, 15) is 0 Å². The summed E-state index contributed by atoms with van der Waals surface area (Å²) in [6, 6.07) is 31.8. The van der Waals surface area contributed by atoms with E-state index in [0.29, 0.717) is 12.1 Å². The van der Waals surface area contributed by atoms with Crippen LogP contribution in [0.4, 0.5) is 0 Å². The molecule has 194 valence electrons. The highest BCUT2D eigenvalue weighted by Gasteiger charge is 2.24. The first kappa shape index (κ1) is 28.2. The van der Waals surface area contributed by atoms with Crippen molar-refractivity contribution >= 4 is 0 Å². The van der Waals surface area contributed by atoms with Gasteiger partial charge in [0.1, 0.15) is 0 Å². The van der Waals surface area contributed by atoms with E-state index in [-0.39, 0.29) is 0 Å². The van der Waals surface area contributed by atoms with Gasteiger partial charge in [-0.15, -0.1) is 0 Å². The molecule has 0 aliphatic rings. The van der Waals surface area contributed by atoms with Crippen molar-refractivity contribution in [2.24, 2.45) is 17.8 Å². The highest BCUT2D eigenvalue weighted by Crippen LogP contribution is 2.33. The van der Waals surface area contributed by atoms with E-state index >= 15 is 0 Å². The molecule has 1 nitrogen and oxygen atoms in total. The predicted octanol–water partition coefficient (Wildman–Crippen LogP) is 10.0. The topological polar surface area (TPSA) is 3.24 Å². The second kappa shape index (κ2) is 14.4. The van der Waals surface area contributed by atoms with E-state index in [2.05, 4.69) is 131 Å². The molecule has 0 amide bonds. The van der Waals surface area contributed by atoms with Crippen LogP contribution in [0, 0.1) is 17.8 Å². The van der Waals surface area contributed by atoms with Crippen molar-refractivity contribution < 1.29 is 0 Å². The maximum atomic E-state index is 2.68. The molecule has 0 saturated heterocycles.